The molecular weight excluding hydrogens is 334 g/mol. The van der Waals surface area contributed by atoms with Gasteiger partial charge in [0.1, 0.15) is 0 Å². The molecule has 2 heterocycles. The molecule has 0 unspecified atom stereocenters. The van der Waals surface area contributed by atoms with E-state index in [1.165, 1.54) is 29.3 Å². The molecule has 0 radical (unpaired) electrons. The van der Waals surface area contributed by atoms with Gasteiger partial charge in [-0.15, -0.1) is 0 Å². The molecule has 0 N–H and O–H groups in total. The largest absolute Gasteiger partial charge is 0.287 e. The van der Waals surface area contributed by atoms with Gasteiger partial charge in [0.05, 0.1) is 23.1 Å². The van der Waals surface area contributed by atoms with Gasteiger partial charge in [0.2, 0.25) is 5.91 Å². The summed E-state index contributed by atoms with van der Waals surface area (Å²) in [5.74, 6) is -0.630. The molecule has 0 bridgehead atoms. The number of nitro benzene ring substituents is 1. The fourth-order valence-corrected chi connectivity index (χ4v) is 3.70. The predicted octanol–water partition coefficient (Wildman–Crippen LogP) is 2.29. The molecule has 2 aromatic carbocycles. The maximum Gasteiger partial charge on any atom is 0.271 e. The number of non-ortho nitro benzene ring substituents is 1. The fourth-order valence-electron chi connectivity index (χ4n) is 3.70. The third kappa shape index (κ3) is 2.76. The van der Waals surface area contributed by atoms with Crippen molar-refractivity contribution in [3.05, 3.63) is 69.8 Å². The molecule has 1 atom stereocenters. The molecule has 1 saturated heterocycles. The van der Waals surface area contributed by atoms with Crippen LogP contribution in [0.15, 0.2) is 48.5 Å². The minimum Gasteiger partial charge on any atom is -0.287 e. The van der Waals surface area contributed by atoms with Gasteiger partial charge >= 0.3 is 0 Å². The molecule has 0 spiro atoms. The van der Waals surface area contributed by atoms with Gasteiger partial charge in [-0.05, 0) is 23.6 Å². The van der Waals surface area contributed by atoms with E-state index in [2.05, 4.69) is 6.07 Å². The van der Waals surface area contributed by atoms with Crippen LogP contribution in [-0.2, 0) is 22.6 Å². The number of benzene rings is 2. The Morgan fingerprint density at radius 2 is 1.81 bits per heavy atom. The van der Waals surface area contributed by atoms with Crippen LogP contribution in [0, 0.1) is 10.1 Å². The van der Waals surface area contributed by atoms with E-state index >= 15 is 0 Å². The number of imide groups is 1. The molecule has 1 fully saturated rings. The Morgan fingerprint density at radius 1 is 1.04 bits per heavy atom. The van der Waals surface area contributed by atoms with Crippen molar-refractivity contribution in [2.75, 3.05) is 11.4 Å². The number of carbonyl (C=O) groups excluding carboxylic acids is 2. The summed E-state index contributed by atoms with van der Waals surface area (Å²) in [6.45, 7) is 1.34. The van der Waals surface area contributed by atoms with Crippen LogP contribution in [0.25, 0.3) is 0 Å². The van der Waals surface area contributed by atoms with Gasteiger partial charge in [-0.2, -0.15) is 0 Å². The first-order valence-corrected chi connectivity index (χ1v) is 8.46. The van der Waals surface area contributed by atoms with Gasteiger partial charge in [-0.1, -0.05) is 30.3 Å². The lowest BCUT2D eigenvalue weighted by molar-refractivity contribution is -0.384. The first-order valence-electron chi connectivity index (χ1n) is 8.46. The van der Waals surface area contributed by atoms with Gasteiger partial charge in [0.25, 0.3) is 11.6 Å². The number of anilines is 1. The maximum atomic E-state index is 12.9. The van der Waals surface area contributed by atoms with Crippen LogP contribution >= 0.6 is 0 Å². The summed E-state index contributed by atoms with van der Waals surface area (Å²) in [5, 5.41) is 11.0. The van der Waals surface area contributed by atoms with Crippen molar-refractivity contribution in [3.8, 4) is 0 Å². The Morgan fingerprint density at radius 3 is 2.58 bits per heavy atom. The van der Waals surface area contributed by atoms with Crippen LogP contribution in [0.3, 0.4) is 0 Å². The molecule has 0 saturated carbocycles. The van der Waals surface area contributed by atoms with E-state index in [9.17, 15) is 19.7 Å². The third-order valence-corrected chi connectivity index (χ3v) is 5.02. The molecule has 4 rings (SSSR count). The Balaban J connectivity index is 1.58. The van der Waals surface area contributed by atoms with Crippen LogP contribution in [0.5, 0.6) is 0 Å². The van der Waals surface area contributed by atoms with E-state index in [0.29, 0.717) is 13.1 Å². The first kappa shape index (κ1) is 16.4. The summed E-state index contributed by atoms with van der Waals surface area (Å²) in [5.41, 5.74) is 2.57. The highest BCUT2D eigenvalue weighted by atomic mass is 16.6. The zero-order chi connectivity index (χ0) is 18.3. The van der Waals surface area contributed by atoms with E-state index < -0.39 is 11.0 Å². The van der Waals surface area contributed by atoms with Crippen molar-refractivity contribution in [1.82, 2.24) is 4.90 Å². The molecule has 0 aromatic heterocycles. The average Bonchev–Trinajstić information content (AvgIpc) is 2.95. The number of fused-ring (bicyclic) bond motifs is 1. The summed E-state index contributed by atoms with van der Waals surface area (Å²) in [6, 6.07) is 13.2. The normalized spacial score (nSPS) is 20.3. The van der Waals surface area contributed by atoms with Crippen LogP contribution < -0.4 is 4.90 Å². The van der Waals surface area contributed by atoms with Gasteiger partial charge in [-0.3, -0.25) is 24.6 Å². The molecule has 2 amide bonds. The molecule has 2 aliphatic rings. The van der Waals surface area contributed by atoms with Crippen molar-refractivity contribution >= 4 is 23.2 Å². The molecule has 2 aromatic rings. The second kappa shape index (κ2) is 6.34. The monoisotopic (exact) mass is 351 g/mol. The van der Waals surface area contributed by atoms with Crippen molar-refractivity contribution in [2.24, 2.45) is 0 Å². The van der Waals surface area contributed by atoms with E-state index in [-0.39, 0.29) is 29.6 Å². The van der Waals surface area contributed by atoms with E-state index in [1.54, 1.807) is 6.07 Å². The summed E-state index contributed by atoms with van der Waals surface area (Å²) >= 11 is 0. The lowest BCUT2D eigenvalue weighted by Crippen LogP contribution is -2.44. The summed E-state index contributed by atoms with van der Waals surface area (Å²) in [4.78, 5) is 38.9. The number of carbonyl (C=O) groups is 2. The molecule has 7 heteroatoms. The predicted molar refractivity (Wildman–Crippen MR) is 94.6 cm³/mol. The number of nitrogens with zero attached hydrogens (tertiary/aromatic N) is 3. The van der Waals surface area contributed by atoms with Crippen molar-refractivity contribution in [1.29, 1.82) is 0 Å². The highest BCUT2D eigenvalue weighted by molar-refractivity contribution is 6.22. The summed E-state index contributed by atoms with van der Waals surface area (Å²) in [7, 11) is 0. The Kier molecular flexibility index (Phi) is 4.00. The van der Waals surface area contributed by atoms with E-state index in [1.807, 2.05) is 23.1 Å². The van der Waals surface area contributed by atoms with Crippen molar-refractivity contribution < 1.29 is 14.5 Å². The molecule has 26 heavy (non-hydrogen) atoms. The lowest BCUT2D eigenvalue weighted by atomic mass is 9.98. The van der Waals surface area contributed by atoms with Crippen LogP contribution in [0.4, 0.5) is 11.4 Å². The standard InChI is InChI=1S/C19H17N3O4/c23-18-11-17(20-9-8-13-4-1-2-5-14(13)12-20)19(24)21(18)15-6-3-7-16(10-15)22(25)26/h1-7,10,17H,8-9,11-12H2/t17-/m1/s1. The average molecular weight is 351 g/mol. The molecule has 0 aliphatic carbocycles. The fraction of sp³-hybridized carbons (Fsp3) is 0.263. The van der Waals surface area contributed by atoms with Crippen LogP contribution in [0.2, 0.25) is 0 Å². The molecular formula is C19H17N3O4. The highest BCUT2D eigenvalue weighted by Crippen LogP contribution is 2.30. The lowest BCUT2D eigenvalue weighted by Gasteiger charge is -2.32. The minimum absolute atomic E-state index is 0.101. The van der Waals surface area contributed by atoms with Crippen LogP contribution in [-0.4, -0.2) is 34.2 Å². The zero-order valence-corrected chi connectivity index (χ0v) is 14.0. The SMILES string of the molecule is O=C1C[C@@H](N2CCc3ccccc3C2)C(=O)N1c1cccc([N+](=O)[O-])c1. The number of rotatable bonds is 3. The number of amides is 2. The Hall–Kier alpha value is -3.06. The molecule has 132 valence electrons. The Bertz CT molecular complexity index is 911. The molecule has 2 aliphatic heterocycles. The minimum atomic E-state index is -0.534. The van der Waals surface area contributed by atoms with Crippen molar-refractivity contribution in [3.63, 3.8) is 0 Å². The van der Waals surface area contributed by atoms with E-state index in [0.717, 1.165) is 11.3 Å². The van der Waals surface area contributed by atoms with Gasteiger partial charge in [0.15, 0.2) is 0 Å². The molecule has 7 nitrogen and oxygen atoms in total. The van der Waals surface area contributed by atoms with Crippen molar-refractivity contribution in [2.45, 2.75) is 25.4 Å². The highest BCUT2D eigenvalue weighted by Gasteiger charge is 2.43. The second-order valence-electron chi connectivity index (χ2n) is 6.55. The smallest absolute Gasteiger partial charge is 0.271 e. The summed E-state index contributed by atoms with van der Waals surface area (Å²) in [6.07, 6.45) is 0.939. The van der Waals surface area contributed by atoms with Gasteiger partial charge in [0, 0.05) is 25.2 Å². The maximum absolute atomic E-state index is 12.9. The quantitative estimate of drug-likeness (QED) is 0.481. The topological polar surface area (TPSA) is 83.8 Å². The number of hydrogen-bond donors (Lipinski definition) is 0. The second-order valence-corrected chi connectivity index (χ2v) is 6.55. The Labute approximate surface area is 150 Å². The van der Waals surface area contributed by atoms with E-state index in [4.69, 9.17) is 0 Å². The number of hydrogen-bond acceptors (Lipinski definition) is 5. The van der Waals surface area contributed by atoms with Gasteiger partial charge < -0.3 is 0 Å². The summed E-state index contributed by atoms with van der Waals surface area (Å²) < 4.78 is 0. The number of nitro groups is 1. The first-order chi connectivity index (χ1) is 12.5. The zero-order valence-electron chi connectivity index (χ0n) is 14.0. The van der Waals surface area contributed by atoms with Crippen LogP contribution in [0.1, 0.15) is 17.5 Å². The third-order valence-electron chi connectivity index (χ3n) is 5.02. The van der Waals surface area contributed by atoms with Gasteiger partial charge in [-0.25, -0.2) is 4.90 Å².